The molecular weight excluding hydrogens is 210 g/mol. The minimum atomic E-state index is 0.730. The van der Waals surface area contributed by atoms with E-state index in [-0.39, 0.29) is 0 Å². The average Bonchev–Trinajstić information content (AvgIpc) is 2.71. The molecule has 0 amide bonds. The van der Waals surface area contributed by atoms with Gasteiger partial charge in [0.25, 0.3) is 0 Å². The van der Waals surface area contributed by atoms with Crippen molar-refractivity contribution < 1.29 is 0 Å². The highest BCUT2D eigenvalue weighted by atomic mass is 15.2. The van der Waals surface area contributed by atoms with Gasteiger partial charge >= 0.3 is 0 Å². The van der Waals surface area contributed by atoms with Crippen molar-refractivity contribution in [3.8, 4) is 0 Å². The molecule has 2 aliphatic heterocycles. The van der Waals surface area contributed by atoms with Crippen molar-refractivity contribution in [3.05, 3.63) is 29.6 Å². The first-order valence-corrected chi connectivity index (χ1v) is 6.69. The number of nitrogens with one attached hydrogen (secondary N) is 1. The van der Waals surface area contributed by atoms with Crippen LogP contribution in [0.3, 0.4) is 0 Å². The molecule has 1 aromatic rings. The monoisotopic (exact) mass is 231 g/mol. The summed E-state index contributed by atoms with van der Waals surface area (Å²) in [6.07, 6.45) is 2.74. The molecule has 2 fully saturated rings. The summed E-state index contributed by atoms with van der Waals surface area (Å²) < 4.78 is 0. The lowest BCUT2D eigenvalue weighted by Crippen LogP contribution is -2.40. The molecule has 0 aliphatic carbocycles. The molecule has 2 saturated heterocycles. The van der Waals surface area contributed by atoms with Crippen LogP contribution < -0.4 is 5.32 Å². The maximum absolute atomic E-state index is 4.59. The van der Waals surface area contributed by atoms with Crippen LogP contribution in [0.2, 0.25) is 0 Å². The number of aryl methyl sites for hydroxylation is 1. The molecule has 3 heteroatoms. The highest BCUT2D eigenvalue weighted by Gasteiger charge is 2.33. The van der Waals surface area contributed by atoms with Crippen LogP contribution in [-0.2, 0) is 6.54 Å². The molecule has 3 heterocycles. The van der Waals surface area contributed by atoms with E-state index in [0.29, 0.717) is 0 Å². The fraction of sp³-hybridized carbons (Fsp3) is 0.643. The van der Waals surface area contributed by atoms with Crippen LogP contribution in [0.15, 0.2) is 18.2 Å². The maximum Gasteiger partial charge on any atom is 0.0547 e. The van der Waals surface area contributed by atoms with Gasteiger partial charge in [0.2, 0.25) is 0 Å². The van der Waals surface area contributed by atoms with Gasteiger partial charge in [-0.05, 0) is 44.4 Å². The number of fused-ring (bicyclic) bond motifs is 1. The lowest BCUT2D eigenvalue weighted by atomic mass is 9.94. The molecule has 3 rings (SSSR count). The Morgan fingerprint density at radius 3 is 3.18 bits per heavy atom. The van der Waals surface area contributed by atoms with Crippen molar-refractivity contribution in [3.63, 3.8) is 0 Å². The van der Waals surface area contributed by atoms with E-state index in [1.807, 2.05) is 0 Å². The Morgan fingerprint density at radius 1 is 1.41 bits per heavy atom. The molecule has 2 atom stereocenters. The number of likely N-dealkylation sites (tertiary alicyclic amines) is 1. The predicted molar refractivity (Wildman–Crippen MR) is 68.8 cm³/mol. The fourth-order valence-corrected chi connectivity index (χ4v) is 3.18. The van der Waals surface area contributed by atoms with Gasteiger partial charge < -0.3 is 5.32 Å². The summed E-state index contributed by atoms with van der Waals surface area (Å²) in [5.41, 5.74) is 2.33. The number of nitrogens with zero attached hydrogens (tertiary/aromatic N) is 2. The summed E-state index contributed by atoms with van der Waals surface area (Å²) in [5, 5.41) is 3.65. The molecule has 17 heavy (non-hydrogen) atoms. The van der Waals surface area contributed by atoms with Crippen molar-refractivity contribution in [2.45, 2.75) is 32.4 Å². The molecule has 3 nitrogen and oxygen atoms in total. The van der Waals surface area contributed by atoms with Crippen molar-refractivity contribution in [2.75, 3.05) is 19.6 Å². The van der Waals surface area contributed by atoms with Crippen LogP contribution in [0.25, 0.3) is 0 Å². The van der Waals surface area contributed by atoms with Crippen LogP contribution >= 0.6 is 0 Å². The van der Waals surface area contributed by atoms with Gasteiger partial charge in [0.15, 0.2) is 0 Å². The third kappa shape index (κ3) is 2.50. The third-order valence-corrected chi connectivity index (χ3v) is 4.01. The van der Waals surface area contributed by atoms with Gasteiger partial charge in [-0.25, -0.2) is 0 Å². The minimum Gasteiger partial charge on any atom is -0.312 e. The van der Waals surface area contributed by atoms with Gasteiger partial charge in [-0.3, -0.25) is 9.88 Å². The minimum absolute atomic E-state index is 0.730. The zero-order valence-corrected chi connectivity index (χ0v) is 10.5. The molecule has 0 aromatic carbocycles. The van der Waals surface area contributed by atoms with E-state index in [1.165, 1.54) is 38.2 Å². The normalized spacial score (nSPS) is 29.2. The van der Waals surface area contributed by atoms with Gasteiger partial charge in [-0.2, -0.15) is 0 Å². The molecule has 0 saturated carbocycles. The Labute approximate surface area is 103 Å². The molecule has 0 spiro atoms. The Bertz CT molecular complexity index is 377. The maximum atomic E-state index is 4.59. The number of aromatic nitrogens is 1. The average molecular weight is 231 g/mol. The van der Waals surface area contributed by atoms with Crippen molar-refractivity contribution in [2.24, 2.45) is 5.92 Å². The van der Waals surface area contributed by atoms with Crippen molar-refractivity contribution >= 4 is 0 Å². The highest BCUT2D eigenvalue weighted by molar-refractivity contribution is 5.10. The summed E-state index contributed by atoms with van der Waals surface area (Å²) >= 11 is 0. The molecule has 1 N–H and O–H groups in total. The number of hydrogen-bond acceptors (Lipinski definition) is 3. The van der Waals surface area contributed by atoms with E-state index < -0.39 is 0 Å². The summed E-state index contributed by atoms with van der Waals surface area (Å²) in [6.45, 7) is 6.72. The molecular formula is C14H21N3. The Hall–Kier alpha value is -0.930. The van der Waals surface area contributed by atoms with Crippen molar-refractivity contribution in [1.29, 1.82) is 0 Å². The van der Waals surface area contributed by atoms with Crippen LogP contribution in [0, 0.1) is 12.8 Å². The molecule has 0 unspecified atom stereocenters. The smallest absolute Gasteiger partial charge is 0.0547 e. The van der Waals surface area contributed by atoms with Gasteiger partial charge in [-0.15, -0.1) is 0 Å². The van der Waals surface area contributed by atoms with Gasteiger partial charge in [0, 0.05) is 31.4 Å². The van der Waals surface area contributed by atoms with Crippen molar-refractivity contribution in [1.82, 2.24) is 15.2 Å². The SMILES string of the molecule is Cc1cccc(CN2C[C@H]3CCCN[C@H]3C2)n1. The highest BCUT2D eigenvalue weighted by Crippen LogP contribution is 2.25. The van der Waals surface area contributed by atoms with E-state index in [2.05, 4.69) is 40.3 Å². The molecule has 0 bridgehead atoms. The summed E-state index contributed by atoms with van der Waals surface area (Å²) in [4.78, 5) is 7.14. The second-order valence-corrected chi connectivity index (χ2v) is 5.43. The number of pyridine rings is 1. The molecule has 1 aromatic heterocycles. The van der Waals surface area contributed by atoms with Gasteiger partial charge in [0.05, 0.1) is 5.69 Å². The number of piperidine rings is 1. The largest absolute Gasteiger partial charge is 0.312 e. The molecule has 0 radical (unpaired) electrons. The van der Waals surface area contributed by atoms with E-state index in [0.717, 1.165) is 24.2 Å². The lowest BCUT2D eigenvalue weighted by Gasteiger charge is -2.24. The third-order valence-electron chi connectivity index (χ3n) is 4.01. The lowest BCUT2D eigenvalue weighted by molar-refractivity contribution is 0.309. The molecule has 2 aliphatic rings. The van der Waals surface area contributed by atoms with Gasteiger partial charge in [0.1, 0.15) is 0 Å². The second-order valence-electron chi connectivity index (χ2n) is 5.43. The summed E-state index contributed by atoms with van der Waals surface area (Å²) in [5.74, 6) is 0.869. The second kappa shape index (κ2) is 4.75. The summed E-state index contributed by atoms with van der Waals surface area (Å²) in [7, 11) is 0. The quantitative estimate of drug-likeness (QED) is 0.837. The fourth-order valence-electron chi connectivity index (χ4n) is 3.18. The van der Waals surface area contributed by atoms with Crippen LogP contribution in [0.4, 0.5) is 0 Å². The number of rotatable bonds is 2. The van der Waals surface area contributed by atoms with E-state index in [9.17, 15) is 0 Å². The topological polar surface area (TPSA) is 28.2 Å². The standard InChI is InChI=1S/C14H21N3/c1-11-4-2-6-13(16-11)9-17-8-12-5-3-7-15-14(12)10-17/h2,4,6,12,14-15H,3,5,7-10H2,1H3/t12-,14+/m1/s1. The number of hydrogen-bond donors (Lipinski definition) is 1. The Morgan fingerprint density at radius 2 is 2.35 bits per heavy atom. The van der Waals surface area contributed by atoms with Crippen LogP contribution in [-0.4, -0.2) is 35.6 Å². The first kappa shape index (κ1) is 11.2. The summed E-state index contributed by atoms with van der Waals surface area (Å²) in [6, 6.07) is 7.05. The van der Waals surface area contributed by atoms with E-state index in [1.54, 1.807) is 0 Å². The van der Waals surface area contributed by atoms with E-state index in [4.69, 9.17) is 0 Å². The van der Waals surface area contributed by atoms with Crippen LogP contribution in [0.5, 0.6) is 0 Å². The zero-order valence-electron chi connectivity index (χ0n) is 10.5. The first-order valence-electron chi connectivity index (χ1n) is 6.69. The van der Waals surface area contributed by atoms with Crippen LogP contribution in [0.1, 0.15) is 24.2 Å². The predicted octanol–water partition coefficient (Wildman–Crippen LogP) is 1.57. The zero-order chi connectivity index (χ0) is 11.7. The Balaban J connectivity index is 1.63. The first-order chi connectivity index (χ1) is 8.31. The molecule has 92 valence electrons. The Kier molecular flexibility index (Phi) is 3.12. The van der Waals surface area contributed by atoms with Gasteiger partial charge in [-0.1, -0.05) is 6.07 Å². The van der Waals surface area contributed by atoms with E-state index >= 15 is 0 Å².